The Morgan fingerprint density at radius 3 is 2.71 bits per heavy atom. The summed E-state index contributed by atoms with van der Waals surface area (Å²) in [6.07, 6.45) is 5.48. The van der Waals surface area contributed by atoms with E-state index in [1.165, 1.54) is 5.56 Å². The molecule has 0 spiro atoms. The zero-order chi connectivity index (χ0) is 15.3. The Morgan fingerprint density at radius 1 is 1.24 bits per heavy atom. The molecule has 2 aromatic rings. The summed E-state index contributed by atoms with van der Waals surface area (Å²) < 4.78 is 5.53. The molecule has 1 heterocycles. The second-order valence-electron chi connectivity index (χ2n) is 5.88. The van der Waals surface area contributed by atoms with Crippen molar-refractivity contribution >= 4 is 11.0 Å². The van der Waals surface area contributed by atoms with Crippen molar-refractivity contribution in [2.45, 2.75) is 45.3 Å². The quantitative estimate of drug-likeness (QED) is 0.847. The van der Waals surface area contributed by atoms with Crippen LogP contribution in [0.25, 0.3) is 11.0 Å². The van der Waals surface area contributed by atoms with Crippen LogP contribution in [0.5, 0.6) is 0 Å². The summed E-state index contributed by atoms with van der Waals surface area (Å²) >= 11 is 0. The second kappa shape index (κ2) is 6.96. The van der Waals surface area contributed by atoms with Gasteiger partial charge >= 0.3 is 0 Å². The minimum atomic E-state index is -0.107. The van der Waals surface area contributed by atoms with Gasteiger partial charge in [0, 0.05) is 25.5 Å². The minimum Gasteiger partial charge on any atom is -0.379 e. The van der Waals surface area contributed by atoms with E-state index in [1.54, 1.807) is 19.5 Å². The van der Waals surface area contributed by atoms with E-state index in [2.05, 4.69) is 48.2 Å². The molecular formula is C17H25N3O. The molecule has 2 rings (SSSR count). The van der Waals surface area contributed by atoms with E-state index in [4.69, 9.17) is 4.74 Å². The molecule has 0 radical (unpaired) electrons. The van der Waals surface area contributed by atoms with Crippen LogP contribution in [0.3, 0.4) is 0 Å². The molecule has 4 heteroatoms. The molecule has 1 unspecified atom stereocenters. The van der Waals surface area contributed by atoms with Crippen LogP contribution in [0.2, 0.25) is 0 Å². The molecule has 0 saturated carbocycles. The molecule has 0 aliphatic rings. The number of methoxy groups -OCH3 is 1. The molecule has 1 aromatic carbocycles. The van der Waals surface area contributed by atoms with E-state index in [1.807, 2.05) is 6.07 Å². The number of rotatable bonds is 7. The van der Waals surface area contributed by atoms with Crippen molar-refractivity contribution in [2.75, 3.05) is 13.7 Å². The Balaban J connectivity index is 2.28. The van der Waals surface area contributed by atoms with Crippen LogP contribution >= 0.6 is 0 Å². The second-order valence-corrected chi connectivity index (χ2v) is 5.88. The van der Waals surface area contributed by atoms with Gasteiger partial charge in [-0.3, -0.25) is 9.97 Å². The number of nitrogens with one attached hydrogen (secondary N) is 1. The number of nitrogens with zero attached hydrogens (tertiary/aromatic N) is 2. The van der Waals surface area contributed by atoms with Gasteiger partial charge in [-0.1, -0.05) is 19.1 Å². The molecule has 0 amide bonds. The largest absolute Gasteiger partial charge is 0.379 e. The molecular weight excluding hydrogens is 262 g/mol. The Bertz CT molecular complexity index is 578. The van der Waals surface area contributed by atoms with E-state index in [9.17, 15) is 0 Å². The van der Waals surface area contributed by atoms with Crippen LogP contribution in [0.4, 0.5) is 0 Å². The first kappa shape index (κ1) is 15.9. The molecule has 114 valence electrons. The predicted octanol–water partition coefficient (Wildman–Crippen LogP) is 3.49. The lowest BCUT2D eigenvalue weighted by molar-refractivity contribution is 0.0117. The minimum absolute atomic E-state index is 0.107. The van der Waals surface area contributed by atoms with Gasteiger partial charge < -0.3 is 10.1 Å². The van der Waals surface area contributed by atoms with Crippen molar-refractivity contribution in [2.24, 2.45) is 0 Å². The number of benzene rings is 1. The smallest absolute Gasteiger partial charge is 0.0934 e. The van der Waals surface area contributed by atoms with E-state index < -0.39 is 0 Å². The molecule has 0 bridgehead atoms. The molecule has 0 fully saturated rings. The highest BCUT2D eigenvalue weighted by Crippen LogP contribution is 2.28. The topological polar surface area (TPSA) is 47.0 Å². The van der Waals surface area contributed by atoms with Gasteiger partial charge in [-0.15, -0.1) is 0 Å². The number of fused-ring (bicyclic) bond motifs is 1. The number of para-hydroxylation sites is 1. The molecule has 0 aliphatic carbocycles. The van der Waals surface area contributed by atoms with Crippen molar-refractivity contribution in [1.82, 2.24) is 15.3 Å². The van der Waals surface area contributed by atoms with Crippen LogP contribution in [-0.2, 0) is 4.74 Å². The highest BCUT2D eigenvalue weighted by Gasteiger charge is 2.21. The summed E-state index contributed by atoms with van der Waals surface area (Å²) in [5.74, 6) is 0. The van der Waals surface area contributed by atoms with Crippen molar-refractivity contribution in [3.05, 3.63) is 36.2 Å². The number of hydrogen-bond donors (Lipinski definition) is 1. The third kappa shape index (κ3) is 3.99. The van der Waals surface area contributed by atoms with Gasteiger partial charge in [0.05, 0.1) is 16.6 Å². The molecule has 1 atom stereocenters. The number of aromatic nitrogens is 2. The van der Waals surface area contributed by atoms with Crippen molar-refractivity contribution < 1.29 is 4.74 Å². The van der Waals surface area contributed by atoms with Gasteiger partial charge in [0.25, 0.3) is 0 Å². The van der Waals surface area contributed by atoms with Crippen molar-refractivity contribution in [3.63, 3.8) is 0 Å². The van der Waals surface area contributed by atoms with E-state index in [0.29, 0.717) is 0 Å². The molecule has 21 heavy (non-hydrogen) atoms. The summed E-state index contributed by atoms with van der Waals surface area (Å²) in [7, 11) is 1.77. The fourth-order valence-corrected chi connectivity index (χ4v) is 2.50. The normalized spacial score (nSPS) is 13.5. The zero-order valence-electron chi connectivity index (χ0n) is 13.4. The Hall–Kier alpha value is -1.52. The van der Waals surface area contributed by atoms with E-state index in [0.717, 1.165) is 30.4 Å². The van der Waals surface area contributed by atoms with E-state index >= 15 is 0 Å². The maximum atomic E-state index is 5.53. The first-order chi connectivity index (χ1) is 10.1. The summed E-state index contributed by atoms with van der Waals surface area (Å²) in [6.45, 7) is 7.30. The third-order valence-corrected chi connectivity index (χ3v) is 3.94. The van der Waals surface area contributed by atoms with Crippen molar-refractivity contribution in [1.29, 1.82) is 0 Å². The van der Waals surface area contributed by atoms with Crippen LogP contribution in [-0.4, -0.2) is 29.2 Å². The fraction of sp³-hybridized carbons (Fsp3) is 0.529. The molecule has 1 N–H and O–H groups in total. The highest BCUT2D eigenvalue weighted by molar-refractivity contribution is 5.78. The van der Waals surface area contributed by atoms with Gasteiger partial charge in [0.2, 0.25) is 0 Å². The number of ether oxygens (including phenoxy) is 1. The lowest BCUT2D eigenvalue weighted by Crippen LogP contribution is -2.27. The molecule has 0 saturated heterocycles. The van der Waals surface area contributed by atoms with Crippen LogP contribution in [0.15, 0.2) is 30.6 Å². The summed E-state index contributed by atoms with van der Waals surface area (Å²) in [6, 6.07) is 6.47. The lowest BCUT2D eigenvalue weighted by Gasteiger charge is -2.27. The number of hydrogen-bond acceptors (Lipinski definition) is 4. The standard InChI is InChI=1S/C17H25N3O/c1-5-18-14(9-10-17(2,3)21-4)13-7-6-8-15-16(13)20-12-11-19-15/h6-8,11-12,14,18H,5,9-10H2,1-4H3. The highest BCUT2D eigenvalue weighted by atomic mass is 16.5. The summed E-state index contributed by atoms with van der Waals surface area (Å²) in [5, 5.41) is 3.56. The molecule has 1 aromatic heterocycles. The Labute approximate surface area is 127 Å². The van der Waals surface area contributed by atoms with Gasteiger partial charge in [-0.25, -0.2) is 0 Å². The van der Waals surface area contributed by atoms with Crippen LogP contribution in [0.1, 0.15) is 45.2 Å². The van der Waals surface area contributed by atoms with Gasteiger partial charge in [-0.05, 0) is 44.9 Å². The van der Waals surface area contributed by atoms with Crippen LogP contribution < -0.4 is 5.32 Å². The molecule has 4 nitrogen and oxygen atoms in total. The zero-order valence-corrected chi connectivity index (χ0v) is 13.4. The predicted molar refractivity (Wildman–Crippen MR) is 86.3 cm³/mol. The average molecular weight is 287 g/mol. The first-order valence-electron chi connectivity index (χ1n) is 7.55. The first-order valence-corrected chi connectivity index (χ1v) is 7.55. The third-order valence-electron chi connectivity index (χ3n) is 3.94. The monoisotopic (exact) mass is 287 g/mol. The van der Waals surface area contributed by atoms with Crippen molar-refractivity contribution in [3.8, 4) is 0 Å². The Morgan fingerprint density at radius 2 is 2.00 bits per heavy atom. The summed E-state index contributed by atoms with van der Waals surface area (Å²) in [4.78, 5) is 8.91. The van der Waals surface area contributed by atoms with Gasteiger partial charge in [-0.2, -0.15) is 0 Å². The SMILES string of the molecule is CCNC(CCC(C)(C)OC)c1cccc2nccnc12. The van der Waals surface area contributed by atoms with E-state index in [-0.39, 0.29) is 11.6 Å². The maximum Gasteiger partial charge on any atom is 0.0934 e. The average Bonchev–Trinajstić information content (AvgIpc) is 2.51. The van der Waals surface area contributed by atoms with Gasteiger partial charge in [0.15, 0.2) is 0 Å². The maximum absolute atomic E-state index is 5.53. The van der Waals surface area contributed by atoms with Gasteiger partial charge in [0.1, 0.15) is 0 Å². The fourth-order valence-electron chi connectivity index (χ4n) is 2.50. The van der Waals surface area contributed by atoms with Crippen LogP contribution in [0, 0.1) is 0 Å². The molecule has 0 aliphatic heterocycles. The lowest BCUT2D eigenvalue weighted by atomic mass is 9.94. The Kier molecular flexibility index (Phi) is 5.26. The summed E-state index contributed by atoms with van der Waals surface area (Å²) in [5.41, 5.74) is 3.05.